The Bertz CT molecular complexity index is 2950. The van der Waals surface area contributed by atoms with Gasteiger partial charge in [0.1, 0.15) is 34.9 Å². The van der Waals surface area contributed by atoms with E-state index in [1.165, 1.54) is 160 Å². The summed E-state index contributed by atoms with van der Waals surface area (Å²) >= 11 is 0. The minimum absolute atomic E-state index is 0.852. The van der Waals surface area contributed by atoms with Crippen LogP contribution in [0.2, 0.25) is 0 Å². The summed E-state index contributed by atoms with van der Waals surface area (Å²) in [5.74, 6) is 6.13. The second-order valence-corrected chi connectivity index (χ2v) is 21.8. The van der Waals surface area contributed by atoms with Gasteiger partial charge in [0.15, 0.2) is 0 Å². The molecule has 0 fully saturated rings. The molecule has 6 heterocycles. The van der Waals surface area contributed by atoms with E-state index in [1.54, 1.807) is 18.6 Å². The molecule has 0 atom stereocenters. The maximum Gasteiger partial charge on any atom is 0.140 e. The van der Waals surface area contributed by atoms with Gasteiger partial charge in [-0.15, -0.1) is 0 Å². The van der Waals surface area contributed by atoms with Gasteiger partial charge in [-0.3, -0.25) is 0 Å². The summed E-state index contributed by atoms with van der Waals surface area (Å²) in [6.45, 7) is 9.33. The first kappa shape index (κ1) is 67.9. The lowest BCUT2D eigenvalue weighted by Crippen LogP contribution is -2.00. The molecule has 0 unspecified atom stereocenters. The molecular formula is C73H102N12. The average molecular weight is 1150 g/mol. The molecule has 12 heteroatoms. The number of unbranched alkanes of at least 4 members (excludes halogenated alkanes) is 22. The second-order valence-electron chi connectivity index (χ2n) is 21.8. The third-order valence-electron chi connectivity index (χ3n) is 14.5. The maximum atomic E-state index is 4.45. The van der Waals surface area contributed by atoms with Crippen LogP contribution in [-0.4, -0.2) is 59.4 Å². The number of imidazole rings is 6. The van der Waals surface area contributed by atoms with Gasteiger partial charge in [0.2, 0.25) is 0 Å². The highest BCUT2D eigenvalue weighted by Crippen LogP contribution is 2.19. The van der Waals surface area contributed by atoms with Crippen molar-refractivity contribution in [3.63, 3.8) is 0 Å². The summed E-state index contributed by atoms with van der Waals surface area (Å²) in [7, 11) is 0. The Labute approximate surface area is 510 Å². The third kappa shape index (κ3) is 31.6. The number of aryl methyl sites for hydroxylation is 4. The Morgan fingerprint density at radius 3 is 1.13 bits per heavy atom. The van der Waals surface area contributed by atoms with Crippen molar-refractivity contribution in [3.8, 4) is 34.2 Å². The van der Waals surface area contributed by atoms with Gasteiger partial charge in [-0.2, -0.15) is 0 Å². The normalized spacial score (nSPS) is 10.4. The highest BCUT2D eigenvalue weighted by atomic mass is 15.1. The van der Waals surface area contributed by atoms with Crippen LogP contribution in [0.5, 0.6) is 0 Å². The van der Waals surface area contributed by atoms with E-state index in [0.717, 1.165) is 76.7 Å². The number of rotatable bonds is 31. The quantitative estimate of drug-likeness (QED) is 0.0272. The third-order valence-corrected chi connectivity index (χ3v) is 14.5. The molecule has 0 radical (unpaired) electrons. The molecule has 0 aliphatic rings. The number of hydrogen-bond donors (Lipinski definition) is 5. The van der Waals surface area contributed by atoms with Crippen LogP contribution in [-0.2, 0) is 19.4 Å². The molecule has 0 aliphatic carbocycles. The van der Waals surface area contributed by atoms with Crippen molar-refractivity contribution in [1.82, 2.24) is 59.4 Å². The molecule has 12 nitrogen and oxygen atoms in total. The summed E-state index contributed by atoms with van der Waals surface area (Å²) in [5.41, 5.74) is 5.78. The van der Waals surface area contributed by atoms with Gasteiger partial charge >= 0.3 is 0 Å². The van der Waals surface area contributed by atoms with Gasteiger partial charge in [0, 0.05) is 110 Å². The fourth-order valence-electron chi connectivity index (χ4n) is 9.72. The highest BCUT2D eigenvalue weighted by Gasteiger charge is 2.06. The van der Waals surface area contributed by atoms with Crippen LogP contribution in [0.25, 0.3) is 34.2 Å². The molecule has 0 bridgehead atoms. The van der Waals surface area contributed by atoms with Crippen LogP contribution in [0, 0.1) is 13.8 Å². The molecule has 0 saturated heterocycles. The highest BCUT2D eigenvalue weighted by molar-refractivity contribution is 5.56. The minimum atomic E-state index is 0.852. The van der Waals surface area contributed by atoms with Crippen LogP contribution in [0.4, 0.5) is 0 Å². The van der Waals surface area contributed by atoms with E-state index < -0.39 is 0 Å². The SMILES string of the molecule is CCCCCCCCCCCCCCCCCc1ncc[nH]1.CCCCCCCCCCCc1ncc[nH]1.Cc1cnc(-c2ccccc2)[nH]1.Cc1ncc[nH]1.c1ccc(-c2ncc[nH]2)cc1.c1ccc(Cn2ccnc2-c2ccccc2)cc1. The minimum Gasteiger partial charge on any atom is -0.349 e. The molecule has 85 heavy (non-hydrogen) atoms. The van der Waals surface area contributed by atoms with Gasteiger partial charge < -0.3 is 29.5 Å². The molecule has 5 N–H and O–H groups in total. The van der Waals surface area contributed by atoms with Crippen LogP contribution < -0.4 is 0 Å². The monoisotopic (exact) mass is 1150 g/mol. The lowest BCUT2D eigenvalue weighted by Gasteiger charge is -2.07. The van der Waals surface area contributed by atoms with Crippen LogP contribution in [0.15, 0.2) is 189 Å². The summed E-state index contributed by atoms with van der Waals surface area (Å²) < 4.78 is 2.17. The fourth-order valence-corrected chi connectivity index (χ4v) is 9.72. The fraction of sp³-hybridized carbons (Fsp3) is 0.425. The number of aromatic amines is 5. The Morgan fingerprint density at radius 2 is 0.753 bits per heavy atom. The lowest BCUT2D eigenvalue weighted by atomic mass is 10.0. The lowest BCUT2D eigenvalue weighted by molar-refractivity contribution is 0.531. The van der Waals surface area contributed by atoms with Crippen molar-refractivity contribution in [2.75, 3.05) is 0 Å². The first-order valence-corrected chi connectivity index (χ1v) is 32.2. The molecule has 454 valence electrons. The Morgan fingerprint density at radius 1 is 0.353 bits per heavy atom. The van der Waals surface area contributed by atoms with Crippen molar-refractivity contribution in [2.45, 2.75) is 201 Å². The number of nitrogens with one attached hydrogen (secondary N) is 5. The molecular weight excluding hydrogens is 1040 g/mol. The van der Waals surface area contributed by atoms with E-state index in [9.17, 15) is 0 Å². The predicted octanol–water partition coefficient (Wildman–Crippen LogP) is 20.1. The molecule has 10 aromatic rings. The number of nitrogens with zero attached hydrogens (tertiary/aromatic N) is 7. The molecule has 0 saturated carbocycles. The largest absolute Gasteiger partial charge is 0.349 e. The van der Waals surface area contributed by atoms with E-state index >= 15 is 0 Å². The van der Waals surface area contributed by atoms with Gasteiger partial charge in [0.25, 0.3) is 0 Å². The first-order chi connectivity index (χ1) is 42.0. The molecule has 0 amide bonds. The summed E-state index contributed by atoms with van der Waals surface area (Å²) in [6.07, 6.45) is 56.5. The molecule has 0 aliphatic heterocycles. The van der Waals surface area contributed by atoms with E-state index in [-0.39, 0.29) is 0 Å². The zero-order valence-electron chi connectivity index (χ0n) is 52.1. The molecule has 4 aromatic carbocycles. The van der Waals surface area contributed by atoms with Gasteiger partial charge in [-0.25, -0.2) is 29.9 Å². The van der Waals surface area contributed by atoms with Crippen molar-refractivity contribution in [1.29, 1.82) is 0 Å². The van der Waals surface area contributed by atoms with Crippen molar-refractivity contribution in [3.05, 3.63) is 218 Å². The number of benzene rings is 4. The van der Waals surface area contributed by atoms with Crippen LogP contribution in [0.3, 0.4) is 0 Å². The predicted molar refractivity (Wildman–Crippen MR) is 356 cm³/mol. The zero-order valence-corrected chi connectivity index (χ0v) is 52.1. The van der Waals surface area contributed by atoms with Gasteiger partial charge in [0.05, 0.1) is 0 Å². The van der Waals surface area contributed by atoms with Gasteiger partial charge in [-0.1, -0.05) is 276 Å². The summed E-state index contributed by atoms with van der Waals surface area (Å²) in [5, 5.41) is 0. The molecule has 6 aromatic heterocycles. The topological polar surface area (TPSA) is 161 Å². The Kier molecular flexibility index (Phi) is 36.4. The standard InChI is InChI=1S/C20H38N2.C16H14N2.C14H26N2.C10H10N2.C9H8N2.C4H6N2/c1-2-3-4-5-6-7-8-9-10-11-12-13-14-15-16-17-20-21-18-19-22-20;1-3-7-14(8-4-1)13-18-12-11-17-16(18)15-9-5-2-6-10-15;1-2-3-4-5-6-7-8-9-10-11-14-15-12-13-16-14;1-8-7-11-10(12-8)9-5-3-2-4-6-9;1-2-4-8(5-3-1)9-10-6-7-11-9;1-4-5-2-3-6-4/h18-19H,2-17H2,1H3,(H,21,22);1-12H,13H2;12-13H,2-11H2,1H3,(H,15,16);2-7H,1H3,(H,11,12);1-7H,(H,10,11);2-3H,1H3,(H,5,6). The summed E-state index contributed by atoms with van der Waals surface area (Å²) in [4.78, 5) is 40.6. The smallest absolute Gasteiger partial charge is 0.140 e. The number of aromatic nitrogens is 12. The van der Waals surface area contributed by atoms with Gasteiger partial charge in [-0.05, 0) is 32.3 Å². The molecule has 10 rings (SSSR count). The van der Waals surface area contributed by atoms with E-state index in [4.69, 9.17) is 0 Å². The number of H-pyrrole nitrogens is 5. The second kappa shape index (κ2) is 45.6. The van der Waals surface area contributed by atoms with Crippen molar-refractivity contribution < 1.29 is 0 Å². The van der Waals surface area contributed by atoms with Crippen molar-refractivity contribution >= 4 is 0 Å². The van der Waals surface area contributed by atoms with E-state index in [2.05, 4.69) is 110 Å². The van der Waals surface area contributed by atoms with Crippen molar-refractivity contribution in [2.24, 2.45) is 0 Å². The summed E-state index contributed by atoms with van der Waals surface area (Å²) in [6, 6.07) is 40.8. The number of hydrogen-bond acceptors (Lipinski definition) is 6. The van der Waals surface area contributed by atoms with Crippen LogP contribution >= 0.6 is 0 Å². The van der Waals surface area contributed by atoms with E-state index in [0.29, 0.717) is 0 Å². The molecule has 0 spiro atoms. The Balaban J connectivity index is 0.000000192. The maximum absolute atomic E-state index is 4.45. The Hall–Kier alpha value is -7.86. The zero-order chi connectivity index (χ0) is 59.7. The van der Waals surface area contributed by atoms with Crippen LogP contribution in [0.1, 0.15) is 197 Å². The van der Waals surface area contributed by atoms with E-state index in [1.807, 2.05) is 148 Å². The average Bonchev–Trinajstić information content (AvgIpc) is 4.51. The first-order valence-electron chi connectivity index (χ1n) is 32.2.